The van der Waals surface area contributed by atoms with Crippen LogP contribution in [-0.4, -0.2) is 61.5 Å². The molecule has 0 spiro atoms. The third-order valence-corrected chi connectivity index (χ3v) is 4.03. The maximum Gasteiger partial charge on any atom is 0.227 e. The van der Waals surface area contributed by atoms with Crippen molar-refractivity contribution in [3.8, 4) is 0 Å². The number of amides is 1. The van der Waals surface area contributed by atoms with Crippen LogP contribution in [0.2, 0.25) is 0 Å². The van der Waals surface area contributed by atoms with Crippen LogP contribution in [0.4, 0.5) is 0 Å². The number of piperidine rings is 1. The number of hydrogen-bond acceptors (Lipinski definition) is 3. The average molecular weight is 239 g/mol. The Hall–Kier alpha value is -0.610. The van der Waals surface area contributed by atoms with Crippen molar-refractivity contribution >= 4 is 5.91 Å². The summed E-state index contributed by atoms with van der Waals surface area (Å²) in [6.07, 6.45) is 1.05. The Morgan fingerprint density at radius 2 is 2.00 bits per heavy atom. The number of hydrogen-bond donors (Lipinski definition) is 1. The van der Waals surface area contributed by atoms with E-state index in [0.29, 0.717) is 17.9 Å². The highest BCUT2D eigenvalue weighted by molar-refractivity contribution is 5.79. The molecule has 2 aliphatic rings. The molecule has 3 atom stereocenters. The monoisotopic (exact) mass is 239 g/mol. The Morgan fingerprint density at radius 3 is 2.65 bits per heavy atom. The summed E-state index contributed by atoms with van der Waals surface area (Å²) in [6.45, 7) is 9.20. The number of carbonyl (C=O) groups is 1. The first-order valence-electron chi connectivity index (χ1n) is 6.77. The minimum atomic E-state index is 0.199. The van der Waals surface area contributed by atoms with E-state index in [2.05, 4.69) is 36.0 Å². The van der Waals surface area contributed by atoms with E-state index in [0.717, 1.165) is 39.1 Å². The van der Waals surface area contributed by atoms with E-state index < -0.39 is 0 Å². The molecule has 2 fully saturated rings. The third kappa shape index (κ3) is 2.99. The molecule has 3 unspecified atom stereocenters. The summed E-state index contributed by atoms with van der Waals surface area (Å²) in [6, 6.07) is 0.360. The van der Waals surface area contributed by atoms with Crippen molar-refractivity contribution in [2.75, 3.05) is 39.8 Å². The topological polar surface area (TPSA) is 35.6 Å². The normalized spacial score (nSPS) is 35.9. The Labute approximate surface area is 104 Å². The standard InChI is InChI=1S/C13H25N3O/c1-10-6-12(8-14-7-10)13(17)16-5-4-15(3)9-11(16)2/h10-12,14H,4-9H2,1-3H3. The van der Waals surface area contributed by atoms with Crippen LogP contribution >= 0.6 is 0 Å². The Kier molecular flexibility index (Phi) is 4.05. The second-order valence-corrected chi connectivity index (χ2v) is 5.84. The minimum absolute atomic E-state index is 0.199. The maximum atomic E-state index is 12.5. The molecule has 1 amide bonds. The first-order valence-corrected chi connectivity index (χ1v) is 6.77. The van der Waals surface area contributed by atoms with Crippen LogP contribution in [0.15, 0.2) is 0 Å². The molecule has 2 saturated heterocycles. The smallest absolute Gasteiger partial charge is 0.227 e. The van der Waals surface area contributed by atoms with Gasteiger partial charge in [0.2, 0.25) is 5.91 Å². The summed E-state index contributed by atoms with van der Waals surface area (Å²) < 4.78 is 0. The van der Waals surface area contributed by atoms with Gasteiger partial charge in [-0.3, -0.25) is 4.79 Å². The summed E-state index contributed by atoms with van der Waals surface area (Å²) in [4.78, 5) is 16.9. The van der Waals surface area contributed by atoms with Crippen LogP contribution in [0.5, 0.6) is 0 Å². The predicted molar refractivity (Wildman–Crippen MR) is 68.8 cm³/mol. The summed E-state index contributed by atoms with van der Waals surface area (Å²) in [5, 5.41) is 3.37. The highest BCUT2D eigenvalue weighted by Gasteiger charge is 2.32. The van der Waals surface area contributed by atoms with E-state index in [4.69, 9.17) is 0 Å². The fourth-order valence-electron chi connectivity index (χ4n) is 3.05. The number of rotatable bonds is 1. The van der Waals surface area contributed by atoms with Crippen LogP contribution < -0.4 is 5.32 Å². The molecule has 4 heteroatoms. The van der Waals surface area contributed by atoms with Gasteiger partial charge in [0.25, 0.3) is 0 Å². The van der Waals surface area contributed by atoms with E-state index in [1.165, 1.54) is 0 Å². The molecule has 17 heavy (non-hydrogen) atoms. The van der Waals surface area contributed by atoms with Gasteiger partial charge in [-0.15, -0.1) is 0 Å². The Morgan fingerprint density at radius 1 is 1.24 bits per heavy atom. The molecule has 4 nitrogen and oxygen atoms in total. The van der Waals surface area contributed by atoms with Gasteiger partial charge in [0.1, 0.15) is 0 Å². The maximum absolute atomic E-state index is 12.5. The molecule has 0 radical (unpaired) electrons. The van der Waals surface area contributed by atoms with Crippen molar-refractivity contribution in [1.82, 2.24) is 15.1 Å². The first-order chi connectivity index (χ1) is 8.08. The zero-order valence-electron chi connectivity index (χ0n) is 11.3. The second kappa shape index (κ2) is 5.36. The fourth-order valence-corrected chi connectivity index (χ4v) is 3.05. The predicted octanol–water partition coefficient (Wildman–Crippen LogP) is 0.395. The Bertz CT molecular complexity index is 282. The van der Waals surface area contributed by atoms with Gasteiger partial charge in [0.05, 0.1) is 5.92 Å². The molecule has 0 aromatic heterocycles. The Balaban J connectivity index is 1.94. The molecule has 2 heterocycles. The lowest BCUT2D eigenvalue weighted by Gasteiger charge is -2.41. The van der Waals surface area contributed by atoms with Crippen LogP contribution in [0, 0.1) is 11.8 Å². The zero-order chi connectivity index (χ0) is 12.4. The second-order valence-electron chi connectivity index (χ2n) is 5.84. The van der Waals surface area contributed by atoms with Gasteiger partial charge in [0, 0.05) is 32.2 Å². The summed E-state index contributed by atoms with van der Waals surface area (Å²) in [5.74, 6) is 1.19. The van der Waals surface area contributed by atoms with Crippen molar-refractivity contribution in [1.29, 1.82) is 0 Å². The molecule has 1 N–H and O–H groups in total. The van der Waals surface area contributed by atoms with E-state index in [9.17, 15) is 4.79 Å². The van der Waals surface area contributed by atoms with Crippen LogP contribution in [0.3, 0.4) is 0 Å². The van der Waals surface area contributed by atoms with Crippen molar-refractivity contribution in [2.45, 2.75) is 26.3 Å². The van der Waals surface area contributed by atoms with Crippen molar-refractivity contribution in [3.05, 3.63) is 0 Å². The molecule has 0 aromatic rings. The van der Waals surface area contributed by atoms with E-state index in [-0.39, 0.29) is 5.92 Å². The van der Waals surface area contributed by atoms with Gasteiger partial charge in [-0.25, -0.2) is 0 Å². The highest BCUT2D eigenvalue weighted by atomic mass is 16.2. The number of nitrogens with zero attached hydrogens (tertiary/aromatic N) is 2. The molecule has 98 valence electrons. The van der Waals surface area contributed by atoms with Gasteiger partial charge in [-0.05, 0) is 32.9 Å². The first kappa shape index (κ1) is 12.8. The quantitative estimate of drug-likeness (QED) is 0.719. The number of likely N-dealkylation sites (N-methyl/N-ethyl adjacent to an activating group) is 1. The van der Waals surface area contributed by atoms with Crippen LogP contribution in [0.25, 0.3) is 0 Å². The lowest BCUT2D eigenvalue weighted by Crippen LogP contribution is -2.56. The molecular formula is C13H25N3O. The lowest BCUT2D eigenvalue weighted by molar-refractivity contribution is -0.140. The van der Waals surface area contributed by atoms with Gasteiger partial charge < -0.3 is 15.1 Å². The summed E-state index contributed by atoms with van der Waals surface area (Å²) in [5.41, 5.74) is 0. The molecular weight excluding hydrogens is 214 g/mol. The SMILES string of the molecule is CC1CNCC(C(=O)N2CCN(C)CC2C)C1. The number of carbonyl (C=O) groups excluding carboxylic acids is 1. The van der Waals surface area contributed by atoms with Gasteiger partial charge in [-0.1, -0.05) is 6.92 Å². The van der Waals surface area contributed by atoms with Crippen molar-refractivity contribution < 1.29 is 4.79 Å². The molecule has 0 saturated carbocycles. The zero-order valence-corrected chi connectivity index (χ0v) is 11.3. The number of nitrogens with one attached hydrogen (secondary N) is 1. The van der Waals surface area contributed by atoms with Crippen LogP contribution in [-0.2, 0) is 4.79 Å². The van der Waals surface area contributed by atoms with E-state index >= 15 is 0 Å². The van der Waals surface area contributed by atoms with Gasteiger partial charge in [0.15, 0.2) is 0 Å². The molecule has 0 aromatic carbocycles. The van der Waals surface area contributed by atoms with E-state index in [1.54, 1.807) is 0 Å². The van der Waals surface area contributed by atoms with Gasteiger partial charge >= 0.3 is 0 Å². The molecule has 0 aliphatic carbocycles. The summed E-state index contributed by atoms with van der Waals surface area (Å²) >= 11 is 0. The fraction of sp³-hybridized carbons (Fsp3) is 0.923. The van der Waals surface area contributed by atoms with E-state index in [1.807, 2.05) is 0 Å². The lowest BCUT2D eigenvalue weighted by atomic mass is 9.90. The van der Waals surface area contributed by atoms with Crippen LogP contribution in [0.1, 0.15) is 20.3 Å². The average Bonchev–Trinajstić information content (AvgIpc) is 2.28. The van der Waals surface area contributed by atoms with Gasteiger partial charge in [-0.2, -0.15) is 0 Å². The highest BCUT2D eigenvalue weighted by Crippen LogP contribution is 2.20. The molecule has 0 bridgehead atoms. The largest absolute Gasteiger partial charge is 0.337 e. The minimum Gasteiger partial charge on any atom is -0.337 e. The third-order valence-electron chi connectivity index (χ3n) is 4.03. The van der Waals surface area contributed by atoms with Crippen molar-refractivity contribution in [2.24, 2.45) is 11.8 Å². The summed E-state index contributed by atoms with van der Waals surface area (Å²) in [7, 11) is 2.13. The number of piperazine rings is 1. The molecule has 2 rings (SSSR count). The van der Waals surface area contributed by atoms with Crippen molar-refractivity contribution in [3.63, 3.8) is 0 Å². The molecule has 2 aliphatic heterocycles.